The minimum absolute atomic E-state index is 0.549. The van der Waals surface area contributed by atoms with Crippen molar-refractivity contribution in [1.29, 1.82) is 0 Å². The molecule has 1 aromatic rings. The number of rotatable bonds is 8. The summed E-state index contributed by atoms with van der Waals surface area (Å²) in [6.45, 7) is 1.87. The second-order valence-electron chi connectivity index (χ2n) is 4.74. The molecule has 0 radical (unpaired) electrons. The van der Waals surface area contributed by atoms with E-state index >= 15 is 0 Å². The van der Waals surface area contributed by atoms with E-state index in [9.17, 15) is 4.79 Å². The zero-order valence-electron chi connectivity index (χ0n) is 11.8. The van der Waals surface area contributed by atoms with Crippen molar-refractivity contribution in [2.75, 3.05) is 20.1 Å². The van der Waals surface area contributed by atoms with Crippen LogP contribution < -0.4 is 0 Å². The summed E-state index contributed by atoms with van der Waals surface area (Å²) in [5, 5.41) is 0. The zero-order chi connectivity index (χ0) is 13.8. The average molecular weight is 257 g/mol. The van der Waals surface area contributed by atoms with E-state index in [2.05, 4.69) is 54.1 Å². The van der Waals surface area contributed by atoms with Crippen LogP contribution in [0.1, 0.15) is 31.2 Å². The van der Waals surface area contributed by atoms with Crippen molar-refractivity contribution in [2.45, 2.75) is 32.1 Å². The Balaban J connectivity index is 2.05. The number of carbonyl (C=O) groups excluding carboxylic acids is 1. The van der Waals surface area contributed by atoms with Crippen molar-refractivity contribution in [1.82, 2.24) is 4.90 Å². The fraction of sp³-hybridized carbons (Fsp3) is 0.471. The molecule has 0 fully saturated rings. The second-order valence-corrected chi connectivity index (χ2v) is 4.74. The largest absolute Gasteiger partial charge is 0.303 e. The third kappa shape index (κ3) is 8.18. The highest BCUT2D eigenvalue weighted by Gasteiger charge is 1.96. The average Bonchev–Trinajstić information content (AvgIpc) is 2.44. The van der Waals surface area contributed by atoms with Gasteiger partial charge in [-0.25, -0.2) is 0 Å². The number of benzene rings is 1. The lowest BCUT2D eigenvalue weighted by Gasteiger charge is -2.12. The number of unbranched alkanes of at least 4 members (excludes halogenated alkanes) is 2. The minimum Gasteiger partial charge on any atom is -0.303 e. The molecule has 0 amide bonds. The molecule has 19 heavy (non-hydrogen) atoms. The third-order valence-electron chi connectivity index (χ3n) is 2.96. The first-order valence-corrected chi connectivity index (χ1v) is 6.94. The van der Waals surface area contributed by atoms with Gasteiger partial charge in [0.1, 0.15) is 6.29 Å². The van der Waals surface area contributed by atoms with E-state index in [4.69, 9.17) is 0 Å². The van der Waals surface area contributed by atoms with E-state index in [1.54, 1.807) is 0 Å². The number of hydrogen-bond acceptors (Lipinski definition) is 2. The van der Waals surface area contributed by atoms with Crippen molar-refractivity contribution < 1.29 is 4.79 Å². The Morgan fingerprint density at radius 2 is 1.95 bits per heavy atom. The molecule has 0 aliphatic carbocycles. The van der Waals surface area contributed by atoms with Crippen molar-refractivity contribution >= 4 is 6.29 Å². The summed E-state index contributed by atoms with van der Waals surface area (Å²) in [7, 11) is 2.09. The maximum Gasteiger partial charge on any atom is 0.120 e. The fourth-order valence-corrected chi connectivity index (χ4v) is 1.84. The first-order chi connectivity index (χ1) is 9.33. The van der Waals surface area contributed by atoms with Crippen LogP contribution in [0.25, 0.3) is 0 Å². The molecule has 0 saturated carbocycles. The van der Waals surface area contributed by atoms with Crippen molar-refractivity contribution in [3.05, 3.63) is 35.9 Å². The highest BCUT2D eigenvalue weighted by atomic mass is 16.1. The smallest absolute Gasteiger partial charge is 0.120 e. The summed E-state index contributed by atoms with van der Waals surface area (Å²) >= 11 is 0. The lowest BCUT2D eigenvalue weighted by atomic mass is 10.1. The molecule has 0 aromatic heterocycles. The molecule has 2 heteroatoms. The molecule has 1 aromatic carbocycles. The van der Waals surface area contributed by atoms with Gasteiger partial charge in [-0.2, -0.15) is 0 Å². The first-order valence-electron chi connectivity index (χ1n) is 6.94. The van der Waals surface area contributed by atoms with Crippen molar-refractivity contribution in [3.8, 4) is 11.8 Å². The summed E-state index contributed by atoms with van der Waals surface area (Å²) in [4.78, 5) is 12.4. The van der Waals surface area contributed by atoms with Crippen LogP contribution in [-0.2, 0) is 11.2 Å². The van der Waals surface area contributed by atoms with E-state index in [1.165, 1.54) is 18.4 Å². The van der Waals surface area contributed by atoms with Crippen LogP contribution in [-0.4, -0.2) is 31.3 Å². The van der Waals surface area contributed by atoms with Crippen LogP contribution in [0.2, 0.25) is 0 Å². The van der Waals surface area contributed by atoms with Gasteiger partial charge in [0.2, 0.25) is 0 Å². The molecular formula is C17H23NO. The highest BCUT2D eigenvalue weighted by Crippen LogP contribution is 2.04. The highest BCUT2D eigenvalue weighted by molar-refractivity contribution is 5.49. The van der Waals surface area contributed by atoms with E-state index in [0.717, 1.165) is 25.8 Å². The van der Waals surface area contributed by atoms with Crippen LogP contribution in [0.3, 0.4) is 0 Å². The van der Waals surface area contributed by atoms with E-state index in [-0.39, 0.29) is 0 Å². The number of carbonyl (C=O) groups is 1. The maximum absolute atomic E-state index is 10.1. The zero-order valence-corrected chi connectivity index (χ0v) is 11.8. The minimum atomic E-state index is 0.549. The third-order valence-corrected chi connectivity index (χ3v) is 2.96. The quantitative estimate of drug-likeness (QED) is 0.405. The molecule has 1 rings (SSSR count). The molecule has 0 N–H and O–H groups in total. The van der Waals surface area contributed by atoms with Crippen LogP contribution in [0.15, 0.2) is 30.3 Å². The van der Waals surface area contributed by atoms with Gasteiger partial charge < -0.3 is 4.79 Å². The Hall–Kier alpha value is -1.59. The summed E-state index contributed by atoms with van der Waals surface area (Å²) in [5.41, 5.74) is 1.42. The van der Waals surface area contributed by atoms with E-state index < -0.39 is 0 Å². The lowest BCUT2D eigenvalue weighted by Crippen LogP contribution is -2.19. The van der Waals surface area contributed by atoms with Crippen molar-refractivity contribution in [3.63, 3.8) is 0 Å². The van der Waals surface area contributed by atoms with Crippen LogP contribution in [0.4, 0.5) is 0 Å². The molecule has 0 unspecified atom stereocenters. The van der Waals surface area contributed by atoms with Gasteiger partial charge in [0.15, 0.2) is 0 Å². The number of aldehydes is 1. The SMILES string of the molecule is CN(CC#CCCC=O)CCCCc1ccccc1. The number of hydrogen-bond donors (Lipinski definition) is 0. The van der Waals surface area contributed by atoms with Gasteiger partial charge in [0.05, 0.1) is 6.54 Å². The van der Waals surface area contributed by atoms with Crippen molar-refractivity contribution in [2.24, 2.45) is 0 Å². The Morgan fingerprint density at radius 1 is 1.16 bits per heavy atom. The van der Waals surface area contributed by atoms with E-state index in [0.29, 0.717) is 12.8 Å². The van der Waals surface area contributed by atoms with Crippen LogP contribution in [0, 0.1) is 11.8 Å². The molecule has 0 aliphatic heterocycles. The monoisotopic (exact) mass is 257 g/mol. The number of aryl methyl sites for hydroxylation is 1. The topological polar surface area (TPSA) is 20.3 Å². The molecule has 0 heterocycles. The maximum atomic E-state index is 10.1. The van der Waals surface area contributed by atoms with Gasteiger partial charge in [-0.15, -0.1) is 5.92 Å². The summed E-state index contributed by atoms with van der Waals surface area (Å²) in [5.74, 6) is 6.11. The van der Waals surface area contributed by atoms with Crippen LogP contribution >= 0.6 is 0 Å². The Bertz CT molecular complexity index is 402. The normalized spacial score (nSPS) is 10.0. The molecule has 102 valence electrons. The Kier molecular flexibility index (Phi) is 8.42. The predicted molar refractivity (Wildman–Crippen MR) is 80.0 cm³/mol. The summed E-state index contributed by atoms with van der Waals surface area (Å²) in [6, 6.07) is 10.6. The fourth-order valence-electron chi connectivity index (χ4n) is 1.84. The molecular weight excluding hydrogens is 234 g/mol. The summed E-state index contributed by atoms with van der Waals surface area (Å²) < 4.78 is 0. The standard InChI is InChI=1S/C17H23NO/c1-18(14-8-2-3-10-16-19)15-9-7-13-17-11-5-4-6-12-17/h4-6,11-12,16H,3,7,9-10,13-15H2,1H3. The van der Waals surface area contributed by atoms with Gasteiger partial charge in [-0.1, -0.05) is 36.3 Å². The van der Waals surface area contributed by atoms with Gasteiger partial charge >= 0.3 is 0 Å². The Labute approximate surface area is 116 Å². The van der Waals surface area contributed by atoms with Gasteiger partial charge in [-0.05, 0) is 38.4 Å². The Morgan fingerprint density at radius 3 is 2.68 bits per heavy atom. The molecule has 2 nitrogen and oxygen atoms in total. The lowest BCUT2D eigenvalue weighted by molar-refractivity contribution is -0.107. The second kappa shape index (κ2) is 10.3. The van der Waals surface area contributed by atoms with Gasteiger partial charge in [0, 0.05) is 12.8 Å². The molecule has 0 spiro atoms. The predicted octanol–water partition coefficient (Wildman–Crippen LogP) is 2.92. The summed E-state index contributed by atoms with van der Waals surface area (Å²) in [6.07, 6.45) is 5.72. The van der Waals surface area contributed by atoms with Crippen LogP contribution in [0.5, 0.6) is 0 Å². The molecule has 0 aliphatic rings. The first kappa shape index (κ1) is 15.5. The number of nitrogens with zero attached hydrogens (tertiary/aromatic N) is 1. The molecule has 0 bridgehead atoms. The molecule has 0 saturated heterocycles. The van der Waals surface area contributed by atoms with E-state index in [1.807, 2.05) is 0 Å². The van der Waals surface area contributed by atoms with Gasteiger partial charge in [-0.3, -0.25) is 4.90 Å². The van der Waals surface area contributed by atoms with Gasteiger partial charge in [0.25, 0.3) is 0 Å². The molecule has 0 atom stereocenters.